The van der Waals surface area contributed by atoms with Crippen LogP contribution in [0.15, 0.2) is 51.8 Å². The molecule has 8 heteroatoms. The number of nitrogens with one attached hydrogen (secondary N) is 2. The molecular formula is C20H23BrN2O4S. The van der Waals surface area contributed by atoms with Crippen LogP contribution in [-0.2, 0) is 14.8 Å². The van der Waals surface area contributed by atoms with Crippen molar-refractivity contribution in [3.05, 3.63) is 63.6 Å². The van der Waals surface area contributed by atoms with Gasteiger partial charge in [0.25, 0.3) is 0 Å². The number of carbonyl (C=O) groups is 2. The van der Waals surface area contributed by atoms with Crippen LogP contribution in [0.25, 0.3) is 0 Å². The number of halogens is 1. The van der Waals surface area contributed by atoms with Crippen LogP contribution in [0.4, 0.5) is 0 Å². The first-order chi connectivity index (χ1) is 13.2. The summed E-state index contributed by atoms with van der Waals surface area (Å²) in [5, 5.41) is 2.62. The zero-order valence-electron chi connectivity index (χ0n) is 15.8. The van der Waals surface area contributed by atoms with E-state index in [0.717, 1.165) is 10.0 Å². The highest BCUT2D eigenvalue weighted by Gasteiger charge is 2.16. The Balaban J connectivity index is 1.75. The number of sulfonamides is 1. The molecule has 1 amide bonds. The van der Waals surface area contributed by atoms with Crippen molar-refractivity contribution in [3.63, 3.8) is 0 Å². The summed E-state index contributed by atoms with van der Waals surface area (Å²) in [6.45, 7) is 3.78. The van der Waals surface area contributed by atoms with Gasteiger partial charge in [-0.25, -0.2) is 13.1 Å². The van der Waals surface area contributed by atoms with Gasteiger partial charge in [-0.2, -0.15) is 0 Å². The predicted molar refractivity (Wildman–Crippen MR) is 112 cm³/mol. The SMILES string of the molecule is Cc1ccc(C)c(S(=O)(=O)NCCNC(=O)CCC(=O)c2ccc(Br)cc2)c1. The highest BCUT2D eigenvalue weighted by Crippen LogP contribution is 2.16. The third-order valence-electron chi connectivity index (χ3n) is 4.12. The molecule has 0 aliphatic rings. The number of carbonyl (C=O) groups excluding carboxylic acids is 2. The number of ketones is 1. The monoisotopic (exact) mass is 466 g/mol. The van der Waals surface area contributed by atoms with E-state index in [-0.39, 0.29) is 42.5 Å². The highest BCUT2D eigenvalue weighted by atomic mass is 79.9. The maximum Gasteiger partial charge on any atom is 0.240 e. The summed E-state index contributed by atoms with van der Waals surface area (Å²) in [6, 6.07) is 12.2. The maximum atomic E-state index is 12.4. The molecule has 0 fully saturated rings. The first-order valence-electron chi connectivity index (χ1n) is 8.81. The zero-order valence-corrected chi connectivity index (χ0v) is 18.2. The van der Waals surface area contributed by atoms with Crippen LogP contribution < -0.4 is 10.0 Å². The van der Waals surface area contributed by atoms with Crippen molar-refractivity contribution in [2.75, 3.05) is 13.1 Å². The summed E-state index contributed by atoms with van der Waals surface area (Å²) in [5.41, 5.74) is 2.07. The second-order valence-electron chi connectivity index (χ2n) is 6.45. The van der Waals surface area contributed by atoms with Crippen molar-refractivity contribution >= 4 is 37.6 Å². The average molecular weight is 467 g/mol. The van der Waals surface area contributed by atoms with Gasteiger partial charge >= 0.3 is 0 Å². The molecule has 28 heavy (non-hydrogen) atoms. The van der Waals surface area contributed by atoms with E-state index >= 15 is 0 Å². The van der Waals surface area contributed by atoms with Gasteiger partial charge < -0.3 is 5.32 Å². The summed E-state index contributed by atoms with van der Waals surface area (Å²) < 4.78 is 28.1. The molecular weight excluding hydrogens is 444 g/mol. The Kier molecular flexibility index (Phi) is 7.91. The van der Waals surface area contributed by atoms with E-state index in [9.17, 15) is 18.0 Å². The molecule has 0 bridgehead atoms. The van der Waals surface area contributed by atoms with Crippen molar-refractivity contribution in [1.82, 2.24) is 10.0 Å². The van der Waals surface area contributed by atoms with Crippen LogP contribution in [0, 0.1) is 13.8 Å². The zero-order chi connectivity index (χ0) is 20.7. The molecule has 0 aliphatic heterocycles. The predicted octanol–water partition coefficient (Wildman–Crippen LogP) is 3.12. The lowest BCUT2D eigenvalue weighted by Gasteiger charge is -2.11. The average Bonchev–Trinajstić information content (AvgIpc) is 2.65. The molecule has 0 radical (unpaired) electrons. The number of rotatable bonds is 9. The molecule has 0 atom stereocenters. The Morgan fingerprint density at radius 2 is 1.64 bits per heavy atom. The number of hydrogen-bond acceptors (Lipinski definition) is 4. The fourth-order valence-corrected chi connectivity index (χ4v) is 4.18. The van der Waals surface area contributed by atoms with E-state index in [1.54, 1.807) is 43.3 Å². The van der Waals surface area contributed by atoms with Crippen LogP contribution in [0.1, 0.15) is 34.3 Å². The number of benzene rings is 2. The molecule has 0 spiro atoms. The number of Topliss-reactive ketones (excluding diaryl/α,β-unsaturated/α-hetero) is 1. The molecule has 0 aliphatic carbocycles. The fraction of sp³-hybridized carbons (Fsp3) is 0.300. The van der Waals surface area contributed by atoms with Gasteiger partial charge in [0.15, 0.2) is 5.78 Å². The Hall–Kier alpha value is -2.03. The Labute approximate surface area is 173 Å². The van der Waals surface area contributed by atoms with Crippen LogP contribution in [0.5, 0.6) is 0 Å². The lowest BCUT2D eigenvalue weighted by molar-refractivity contribution is -0.121. The summed E-state index contributed by atoms with van der Waals surface area (Å²) in [7, 11) is -3.64. The van der Waals surface area contributed by atoms with Gasteiger partial charge in [-0.1, -0.05) is 40.2 Å². The molecule has 2 rings (SSSR count). The third kappa shape index (κ3) is 6.54. The van der Waals surface area contributed by atoms with E-state index in [2.05, 4.69) is 26.0 Å². The lowest BCUT2D eigenvalue weighted by Crippen LogP contribution is -2.35. The highest BCUT2D eigenvalue weighted by molar-refractivity contribution is 9.10. The Morgan fingerprint density at radius 3 is 2.32 bits per heavy atom. The minimum atomic E-state index is -3.64. The molecule has 0 saturated heterocycles. The molecule has 2 N–H and O–H groups in total. The van der Waals surface area contributed by atoms with E-state index in [0.29, 0.717) is 11.1 Å². The normalized spacial score (nSPS) is 11.2. The molecule has 0 saturated carbocycles. The van der Waals surface area contributed by atoms with Crippen LogP contribution >= 0.6 is 15.9 Å². The summed E-state index contributed by atoms with van der Waals surface area (Å²) in [4.78, 5) is 24.2. The fourth-order valence-electron chi connectivity index (χ4n) is 2.56. The van der Waals surface area contributed by atoms with E-state index < -0.39 is 10.0 Å². The second-order valence-corrected chi connectivity index (χ2v) is 9.10. The molecule has 0 unspecified atom stereocenters. The minimum absolute atomic E-state index is 0.0542. The summed E-state index contributed by atoms with van der Waals surface area (Å²) >= 11 is 3.30. The second kappa shape index (κ2) is 9.95. The quantitative estimate of drug-likeness (QED) is 0.438. The van der Waals surface area contributed by atoms with Gasteiger partial charge in [0, 0.05) is 36.0 Å². The maximum absolute atomic E-state index is 12.4. The number of amides is 1. The van der Waals surface area contributed by atoms with Crippen molar-refractivity contribution in [3.8, 4) is 0 Å². The largest absolute Gasteiger partial charge is 0.355 e. The van der Waals surface area contributed by atoms with Gasteiger partial charge in [-0.05, 0) is 43.2 Å². The van der Waals surface area contributed by atoms with Gasteiger partial charge in [0.1, 0.15) is 0 Å². The van der Waals surface area contributed by atoms with E-state index in [4.69, 9.17) is 0 Å². The first kappa shape index (κ1) is 22.3. The van der Waals surface area contributed by atoms with Gasteiger partial charge in [0.2, 0.25) is 15.9 Å². The number of aryl methyl sites for hydroxylation is 2. The third-order valence-corrected chi connectivity index (χ3v) is 6.25. The molecule has 0 heterocycles. The number of hydrogen-bond donors (Lipinski definition) is 2. The van der Waals surface area contributed by atoms with Crippen molar-refractivity contribution in [1.29, 1.82) is 0 Å². The van der Waals surface area contributed by atoms with Crippen molar-refractivity contribution in [2.24, 2.45) is 0 Å². The standard InChI is InChI=1S/C20H23BrN2O4S/c1-14-3-4-15(2)19(13-14)28(26,27)23-12-11-22-20(25)10-9-18(24)16-5-7-17(21)8-6-16/h3-8,13,23H,9-12H2,1-2H3,(H,22,25). The van der Waals surface area contributed by atoms with Crippen molar-refractivity contribution in [2.45, 2.75) is 31.6 Å². The van der Waals surface area contributed by atoms with Crippen LogP contribution in [-0.4, -0.2) is 33.2 Å². The molecule has 6 nitrogen and oxygen atoms in total. The molecule has 2 aromatic rings. The summed E-state index contributed by atoms with van der Waals surface area (Å²) in [5.74, 6) is -0.408. The summed E-state index contributed by atoms with van der Waals surface area (Å²) in [6.07, 6.45) is 0.153. The van der Waals surface area contributed by atoms with Crippen molar-refractivity contribution < 1.29 is 18.0 Å². The smallest absolute Gasteiger partial charge is 0.240 e. The van der Waals surface area contributed by atoms with Gasteiger partial charge in [-0.15, -0.1) is 0 Å². The molecule has 0 aromatic heterocycles. The Bertz CT molecular complexity index is 957. The molecule has 2 aromatic carbocycles. The van der Waals surface area contributed by atoms with E-state index in [1.807, 2.05) is 13.0 Å². The van der Waals surface area contributed by atoms with Gasteiger partial charge in [-0.3, -0.25) is 9.59 Å². The minimum Gasteiger partial charge on any atom is -0.355 e. The first-order valence-corrected chi connectivity index (χ1v) is 11.1. The van der Waals surface area contributed by atoms with E-state index in [1.165, 1.54) is 0 Å². The van der Waals surface area contributed by atoms with Crippen LogP contribution in [0.3, 0.4) is 0 Å². The lowest BCUT2D eigenvalue weighted by atomic mass is 10.1. The van der Waals surface area contributed by atoms with Gasteiger partial charge in [0.05, 0.1) is 4.90 Å². The molecule has 150 valence electrons. The topological polar surface area (TPSA) is 92.3 Å². The van der Waals surface area contributed by atoms with Crippen LogP contribution in [0.2, 0.25) is 0 Å². The Morgan fingerprint density at radius 1 is 0.964 bits per heavy atom.